The normalized spacial score (nSPS) is 13.5. The number of carbonyl (C=O) groups excluding carboxylic acids is 2. The van der Waals surface area contributed by atoms with Gasteiger partial charge in [-0.05, 0) is 72.1 Å². The fourth-order valence-corrected chi connectivity index (χ4v) is 6.98. The Kier molecular flexibility index (Phi) is 12.8. The predicted octanol–water partition coefficient (Wildman–Crippen LogP) is 4.53. The average molecular weight is 667 g/mol. The van der Waals surface area contributed by atoms with Gasteiger partial charge in [-0.1, -0.05) is 61.9 Å². The first-order valence-corrected chi connectivity index (χ1v) is 17.3. The van der Waals surface area contributed by atoms with Crippen LogP contribution in [0.2, 0.25) is 0 Å². The van der Waals surface area contributed by atoms with Crippen LogP contribution in [-0.4, -0.2) is 74.8 Å². The number of sulfone groups is 1. The van der Waals surface area contributed by atoms with E-state index in [-0.39, 0.29) is 30.6 Å². The largest absolute Gasteiger partial charge is 0.488 e. The van der Waals surface area contributed by atoms with E-state index in [0.29, 0.717) is 42.8 Å². The first kappa shape index (κ1) is 35.9. The van der Waals surface area contributed by atoms with E-state index in [1.807, 2.05) is 37.3 Å². The summed E-state index contributed by atoms with van der Waals surface area (Å²) < 4.78 is 43.4. The zero-order valence-corrected chi connectivity index (χ0v) is 27.9. The van der Waals surface area contributed by atoms with Gasteiger partial charge in [0, 0.05) is 25.3 Å². The number of rotatable bonds is 16. The highest BCUT2D eigenvalue weighted by Gasteiger charge is 2.38. The Balaban J connectivity index is 1.46. The van der Waals surface area contributed by atoms with Gasteiger partial charge in [-0.3, -0.25) is 5.32 Å². The van der Waals surface area contributed by atoms with Crippen molar-refractivity contribution in [1.29, 1.82) is 0 Å². The molecule has 4 rings (SSSR count). The molecule has 2 amide bonds. The predicted molar refractivity (Wildman–Crippen MR) is 179 cm³/mol. The molecule has 0 spiro atoms. The number of amides is 2. The SMILES string of the molecule is CCCCOC[C@@H](COC(=O)Nc1ccc(S(=O)(=O)C2CC2)c(CN(C)C(=O)OCc2ccccc2)c1)c1ccc(B(O)O)cc1C. The van der Waals surface area contributed by atoms with Gasteiger partial charge in [-0.15, -0.1) is 0 Å². The molecule has 0 aromatic heterocycles. The molecule has 0 unspecified atom stereocenters. The summed E-state index contributed by atoms with van der Waals surface area (Å²) in [6.07, 6.45) is 1.65. The van der Waals surface area contributed by atoms with Crippen LogP contribution in [0.25, 0.3) is 0 Å². The smallest absolute Gasteiger partial charge is 0.449 e. The van der Waals surface area contributed by atoms with Crippen molar-refractivity contribution < 1.29 is 42.3 Å². The number of nitrogens with zero attached hydrogens (tertiary/aromatic N) is 1. The number of hydrogen-bond donors (Lipinski definition) is 3. The van der Waals surface area contributed by atoms with E-state index in [1.54, 1.807) is 18.2 Å². The standard InChI is InChI=1S/C34H43BN2O9S/c1-4-5-17-44-22-27(31-15-11-28(35(40)41)18-24(31)2)23-45-33(38)36-29-12-16-32(47(42,43)30-13-14-30)26(19-29)20-37(3)34(39)46-21-25-9-7-6-8-10-25/h6-12,15-16,18-19,27,30,40-41H,4-5,13-14,17,20-23H2,1-3H3,(H,36,38)/t27-/m0/s1. The summed E-state index contributed by atoms with van der Waals surface area (Å²) in [6, 6.07) is 18.8. The minimum atomic E-state index is -3.61. The third-order valence-corrected chi connectivity index (χ3v) is 10.3. The van der Waals surface area contributed by atoms with Gasteiger partial charge in [0.15, 0.2) is 9.84 Å². The molecule has 0 saturated heterocycles. The molecule has 1 saturated carbocycles. The second kappa shape index (κ2) is 16.8. The molecule has 0 aliphatic heterocycles. The minimum Gasteiger partial charge on any atom is -0.449 e. The second-order valence-corrected chi connectivity index (χ2v) is 14.0. The molecule has 3 aromatic carbocycles. The number of nitrogens with one attached hydrogen (secondary N) is 1. The summed E-state index contributed by atoms with van der Waals surface area (Å²) in [5.74, 6) is -0.320. The summed E-state index contributed by atoms with van der Waals surface area (Å²) in [5.41, 5.74) is 3.47. The lowest BCUT2D eigenvalue weighted by atomic mass is 9.78. The number of unbranched alkanes of at least 4 members (excludes halogenated alkanes) is 1. The van der Waals surface area contributed by atoms with Crippen LogP contribution in [0.4, 0.5) is 15.3 Å². The van der Waals surface area contributed by atoms with E-state index in [4.69, 9.17) is 14.2 Å². The van der Waals surface area contributed by atoms with E-state index in [9.17, 15) is 28.1 Å². The Labute approximate surface area is 276 Å². The van der Waals surface area contributed by atoms with Crippen LogP contribution < -0.4 is 10.8 Å². The molecule has 1 fully saturated rings. The van der Waals surface area contributed by atoms with Gasteiger partial charge < -0.3 is 29.2 Å². The van der Waals surface area contributed by atoms with Crippen molar-refractivity contribution in [2.45, 2.75) is 68.7 Å². The van der Waals surface area contributed by atoms with Gasteiger partial charge in [-0.25, -0.2) is 18.0 Å². The van der Waals surface area contributed by atoms with Crippen LogP contribution in [-0.2, 0) is 37.2 Å². The Morgan fingerprint density at radius 2 is 1.77 bits per heavy atom. The van der Waals surface area contributed by atoms with Crippen molar-refractivity contribution in [3.05, 3.63) is 89.0 Å². The molecule has 1 aliphatic rings. The summed E-state index contributed by atoms with van der Waals surface area (Å²) in [4.78, 5) is 27.1. The molecule has 13 heteroatoms. The number of hydrogen-bond acceptors (Lipinski definition) is 9. The Hall–Kier alpha value is -3.91. The van der Waals surface area contributed by atoms with Gasteiger partial charge in [0.2, 0.25) is 0 Å². The second-order valence-electron chi connectivity index (χ2n) is 11.8. The van der Waals surface area contributed by atoms with Crippen molar-refractivity contribution in [1.82, 2.24) is 4.90 Å². The summed E-state index contributed by atoms with van der Waals surface area (Å²) in [7, 11) is -3.69. The topological polar surface area (TPSA) is 152 Å². The maximum absolute atomic E-state index is 13.2. The van der Waals surface area contributed by atoms with Crippen molar-refractivity contribution in [2.24, 2.45) is 0 Å². The van der Waals surface area contributed by atoms with Crippen LogP contribution in [0.5, 0.6) is 0 Å². The lowest BCUT2D eigenvalue weighted by Gasteiger charge is -2.21. The Morgan fingerprint density at radius 3 is 2.43 bits per heavy atom. The first-order chi connectivity index (χ1) is 22.5. The van der Waals surface area contributed by atoms with E-state index in [2.05, 4.69) is 12.2 Å². The van der Waals surface area contributed by atoms with Crippen LogP contribution >= 0.6 is 0 Å². The van der Waals surface area contributed by atoms with Gasteiger partial charge in [0.1, 0.15) is 13.2 Å². The maximum Gasteiger partial charge on any atom is 0.488 e. The van der Waals surface area contributed by atoms with E-state index in [0.717, 1.165) is 29.5 Å². The lowest BCUT2D eigenvalue weighted by Crippen LogP contribution is -2.30. The van der Waals surface area contributed by atoms with Crippen molar-refractivity contribution in [3.8, 4) is 0 Å². The molecule has 11 nitrogen and oxygen atoms in total. The van der Waals surface area contributed by atoms with Gasteiger partial charge >= 0.3 is 19.3 Å². The molecule has 1 atom stereocenters. The van der Waals surface area contributed by atoms with Gasteiger partial charge in [0.05, 0.1) is 23.3 Å². The van der Waals surface area contributed by atoms with Crippen molar-refractivity contribution in [2.75, 3.05) is 32.2 Å². The quantitative estimate of drug-likeness (QED) is 0.148. The molecular formula is C34H43BN2O9S. The number of anilines is 1. The summed E-state index contributed by atoms with van der Waals surface area (Å²) in [5, 5.41) is 21.3. The van der Waals surface area contributed by atoms with E-state index in [1.165, 1.54) is 30.1 Å². The number of carbonyl (C=O) groups is 2. The maximum atomic E-state index is 13.2. The summed E-state index contributed by atoms with van der Waals surface area (Å²) in [6.45, 7) is 4.74. The highest BCUT2D eigenvalue weighted by atomic mass is 32.2. The van der Waals surface area contributed by atoms with Crippen LogP contribution in [0.1, 0.15) is 60.8 Å². The van der Waals surface area contributed by atoms with Crippen LogP contribution in [0.3, 0.4) is 0 Å². The molecular weight excluding hydrogens is 623 g/mol. The zero-order valence-electron chi connectivity index (χ0n) is 27.1. The molecule has 3 aromatic rings. The number of benzene rings is 3. The third kappa shape index (κ3) is 10.3. The third-order valence-electron chi connectivity index (χ3n) is 7.91. The zero-order chi connectivity index (χ0) is 34.0. The van der Waals surface area contributed by atoms with Gasteiger partial charge in [-0.2, -0.15) is 0 Å². The molecule has 0 heterocycles. The minimum absolute atomic E-state index is 0.0170. The monoisotopic (exact) mass is 666 g/mol. The number of ether oxygens (including phenoxy) is 3. The number of aryl methyl sites for hydroxylation is 1. The van der Waals surface area contributed by atoms with Gasteiger partial charge in [0.25, 0.3) is 0 Å². The average Bonchev–Trinajstić information content (AvgIpc) is 3.91. The van der Waals surface area contributed by atoms with E-state index >= 15 is 0 Å². The van der Waals surface area contributed by atoms with E-state index < -0.39 is 34.4 Å². The summed E-state index contributed by atoms with van der Waals surface area (Å²) >= 11 is 0. The van der Waals surface area contributed by atoms with Crippen molar-refractivity contribution >= 4 is 40.3 Å². The first-order valence-electron chi connectivity index (χ1n) is 15.8. The highest BCUT2D eigenvalue weighted by Crippen LogP contribution is 2.36. The lowest BCUT2D eigenvalue weighted by molar-refractivity contribution is 0.0879. The molecule has 3 N–H and O–H groups in total. The molecule has 252 valence electrons. The molecule has 1 aliphatic carbocycles. The Bertz CT molecular complexity index is 1620. The highest BCUT2D eigenvalue weighted by molar-refractivity contribution is 7.92. The van der Waals surface area contributed by atoms with Crippen LogP contribution in [0.15, 0.2) is 71.6 Å². The molecule has 0 bridgehead atoms. The fourth-order valence-electron chi connectivity index (χ4n) is 5.11. The molecule has 47 heavy (non-hydrogen) atoms. The van der Waals surface area contributed by atoms with Crippen LogP contribution in [0, 0.1) is 6.92 Å². The molecule has 0 radical (unpaired) electrons. The Morgan fingerprint density at radius 1 is 1.02 bits per heavy atom. The fraction of sp³-hybridized carbons (Fsp3) is 0.412. The van der Waals surface area contributed by atoms with Crippen molar-refractivity contribution in [3.63, 3.8) is 0 Å².